The van der Waals surface area contributed by atoms with Crippen molar-refractivity contribution >= 4 is 32.6 Å². The van der Waals surface area contributed by atoms with Crippen LogP contribution in [0.1, 0.15) is 10.5 Å². The number of nitrogens with two attached hydrogens (primary N) is 1. The van der Waals surface area contributed by atoms with Gasteiger partial charge in [0.2, 0.25) is 0 Å². The van der Waals surface area contributed by atoms with Crippen molar-refractivity contribution in [1.82, 2.24) is 9.97 Å². The largest absolute Gasteiger partial charge is 0.436 e. The summed E-state index contributed by atoms with van der Waals surface area (Å²) in [5.74, 6) is -0.0623. The molecule has 0 aliphatic heterocycles. The van der Waals surface area contributed by atoms with Gasteiger partial charge in [0.1, 0.15) is 5.75 Å². The summed E-state index contributed by atoms with van der Waals surface area (Å²) in [6, 6.07) is 11.6. The van der Waals surface area contributed by atoms with E-state index in [9.17, 15) is 4.79 Å². The van der Waals surface area contributed by atoms with Crippen molar-refractivity contribution in [2.24, 2.45) is 5.73 Å². The number of aromatic nitrogens is 2. The lowest BCUT2D eigenvalue weighted by Gasteiger charge is -2.10. The molecule has 21 heavy (non-hydrogen) atoms. The van der Waals surface area contributed by atoms with Crippen LogP contribution in [-0.4, -0.2) is 15.9 Å². The Morgan fingerprint density at radius 2 is 1.86 bits per heavy atom. The number of hydrogen-bond donors (Lipinski definition) is 1. The third kappa shape index (κ3) is 2.57. The molecule has 6 heteroatoms. The summed E-state index contributed by atoms with van der Waals surface area (Å²) in [5, 5.41) is 2.07. The third-order valence-corrected chi connectivity index (χ3v) is 3.75. The average molecular weight is 344 g/mol. The first kappa shape index (κ1) is 13.5. The monoisotopic (exact) mass is 343 g/mol. The summed E-state index contributed by atoms with van der Waals surface area (Å²) in [6.45, 7) is 0. The molecular weight excluding hydrogens is 334 g/mol. The molecule has 0 fully saturated rings. The second kappa shape index (κ2) is 5.49. The molecule has 0 saturated carbocycles. The molecule has 1 amide bonds. The van der Waals surface area contributed by atoms with Gasteiger partial charge in [0, 0.05) is 12.4 Å². The van der Waals surface area contributed by atoms with E-state index < -0.39 is 5.91 Å². The van der Waals surface area contributed by atoms with Crippen LogP contribution in [0.25, 0.3) is 10.8 Å². The van der Waals surface area contributed by atoms with Gasteiger partial charge in [0.15, 0.2) is 5.69 Å². The van der Waals surface area contributed by atoms with Crippen molar-refractivity contribution < 1.29 is 9.53 Å². The SMILES string of the molecule is NC(=O)c1nccnc1Oc1ccc2ccccc2c1Br. The number of fused-ring (bicyclic) bond motifs is 1. The summed E-state index contributed by atoms with van der Waals surface area (Å²) in [5.41, 5.74) is 5.26. The minimum absolute atomic E-state index is 0.00226. The zero-order chi connectivity index (χ0) is 14.8. The molecule has 2 N–H and O–H groups in total. The van der Waals surface area contributed by atoms with Gasteiger partial charge in [0.05, 0.1) is 4.47 Å². The first-order chi connectivity index (χ1) is 10.2. The molecule has 0 radical (unpaired) electrons. The Balaban J connectivity index is 2.07. The summed E-state index contributed by atoms with van der Waals surface area (Å²) in [4.78, 5) is 19.2. The number of rotatable bonds is 3. The summed E-state index contributed by atoms with van der Waals surface area (Å²) < 4.78 is 6.47. The minimum atomic E-state index is -0.685. The highest BCUT2D eigenvalue weighted by molar-refractivity contribution is 9.10. The topological polar surface area (TPSA) is 78.1 Å². The van der Waals surface area contributed by atoms with Crippen LogP contribution < -0.4 is 10.5 Å². The zero-order valence-corrected chi connectivity index (χ0v) is 12.4. The maximum atomic E-state index is 11.3. The van der Waals surface area contributed by atoms with Crippen molar-refractivity contribution in [3.63, 3.8) is 0 Å². The molecule has 0 aliphatic carbocycles. The lowest BCUT2D eigenvalue weighted by Crippen LogP contribution is -2.14. The van der Waals surface area contributed by atoms with Crippen LogP contribution >= 0.6 is 15.9 Å². The normalized spacial score (nSPS) is 10.5. The molecular formula is C15H10BrN3O2. The highest BCUT2D eigenvalue weighted by Gasteiger charge is 2.15. The van der Waals surface area contributed by atoms with Gasteiger partial charge in [0.25, 0.3) is 11.8 Å². The van der Waals surface area contributed by atoms with E-state index in [2.05, 4.69) is 25.9 Å². The van der Waals surface area contributed by atoms with Gasteiger partial charge in [-0.2, -0.15) is 0 Å². The van der Waals surface area contributed by atoms with E-state index >= 15 is 0 Å². The molecule has 0 bridgehead atoms. The maximum absolute atomic E-state index is 11.3. The predicted octanol–water partition coefficient (Wildman–Crippen LogP) is 3.28. The first-order valence-corrected chi connectivity index (χ1v) is 6.92. The third-order valence-electron chi connectivity index (χ3n) is 2.93. The van der Waals surface area contributed by atoms with Gasteiger partial charge in [-0.25, -0.2) is 9.97 Å². The molecule has 1 heterocycles. The van der Waals surface area contributed by atoms with Crippen molar-refractivity contribution in [2.45, 2.75) is 0 Å². The number of primary amides is 1. The Morgan fingerprint density at radius 1 is 1.10 bits per heavy atom. The molecule has 0 aliphatic rings. The lowest BCUT2D eigenvalue weighted by atomic mass is 10.1. The van der Waals surface area contributed by atoms with Crippen LogP contribution in [0.3, 0.4) is 0 Å². The molecule has 3 aromatic rings. The fraction of sp³-hybridized carbons (Fsp3) is 0. The molecule has 0 unspecified atom stereocenters. The molecule has 3 rings (SSSR count). The summed E-state index contributed by atoms with van der Waals surface area (Å²) >= 11 is 3.51. The average Bonchev–Trinajstić information content (AvgIpc) is 2.51. The Bertz CT molecular complexity index is 836. The second-order valence-corrected chi connectivity index (χ2v) is 5.07. The molecule has 0 atom stereocenters. The van der Waals surface area contributed by atoms with Gasteiger partial charge >= 0.3 is 0 Å². The maximum Gasteiger partial charge on any atom is 0.272 e. The van der Waals surface area contributed by atoms with E-state index in [1.54, 1.807) is 6.07 Å². The number of nitrogens with zero attached hydrogens (tertiary/aromatic N) is 2. The number of amides is 1. The van der Waals surface area contributed by atoms with Crippen LogP contribution in [-0.2, 0) is 0 Å². The van der Waals surface area contributed by atoms with Crippen molar-refractivity contribution in [1.29, 1.82) is 0 Å². The summed E-state index contributed by atoms with van der Waals surface area (Å²) in [7, 11) is 0. The number of benzene rings is 2. The molecule has 104 valence electrons. The van der Waals surface area contributed by atoms with E-state index in [-0.39, 0.29) is 11.6 Å². The van der Waals surface area contributed by atoms with Gasteiger partial charge in [-0.15, -0.1) is 0 Å². The lowest BCUT2D eigenvalue weighted by molar-refractivity contribution is 0.0992. The standard InChI is InChI=1S/C15H10BrN3O2/c16-12-10-4-2-1-3-9(10)5-6-11(12)21-15-13(14(17)20)18-7-8-19-15/h1-8H,(H2,17,20). The van der Waals surface area contributed by atoms with Crippen molar-refractivity contribution in [2.75, 3.05) is 0 Å². The fourth-order valence-corrected chi connectivity index (χ4v) is 2.54. The van der Waals surface area contributed by atoms with E-state index in [1.165, 1.54) is 12.4 Å². The quantitative estimate of drug-likeness (QED) is 0.791. The second-order valence-electron chi connectivity index (χ2n) is 4.28. The molecule has 2 aromatic carbocycles. The van der Waals surface area contributed by atoms with Gasteiger partial charge in [-0.1, -0.05) is 30.3 Å². The van der Waals surface area contributed by atoms with Crippen LogP contribution in [0.2, 0.25) is 0 Å². The molecule has 0 saturated heterocycles. The molecule has 5 nitrogen and oxygen atoms in total. The van der Waals surface area contributed by atoms with Gasteiger partial charge < -0.3 is 10.5 Å². The number of carbonyl (C=O) groups is 1. The summed E-state index contributed by atoms with van der Waals surface area (Å²) in [6.07, 6.45) is 2.83. The predicted molar refractivity (Wildman–Crippen MR) is 82.3 cm³/mol. The highest BCUT2D eigenvalue weighted by atomic mass is 79.9. The number of carbonyl (C=O) groups excluding carboxylic acids is 1. The van der Waals surface area contributed by atoms with E-state index in [1.807, 2.05) is 30.3 Å². The Hall–Kier alpha value is -2.47. The minimum Gasteiger partial charge on any atom is -0.436 e. The van der Waals surface area contributed by atoms with Crippen LogP contribution in [0.4, 0.5) is 0 Å². The van der Waals surface area contributed by atoms with E-state index in [4.69, 9.17) is 10.5 Å². The Kier molecular flexibility index (Phi) is 3.53. The van der Waals surface area contributed by atoms with E-state index in [0.717, 1.165) is 15.2 Å². The smallest absolute Gasteiger partial charge is 0.272 e. The molecule has 1 aromatic heterocycles. The molecule has 0 spiro atoms. The Labute approximate surface area is 128 Å². The van der Waals surface area contributed by atoms with Gasteiger partial charge in [-0.05, 0) is 32.8 Å². The van der Waals surface area contributed by atoms with Crippen LogP contribution in [0, 0.1) is 0 Å². The number of ether oxygens (including phenoxy) is 1. The zero-order valence-electron chi connectivity index (χ0n) is 10.8. The van der Waals surface area contributed by atoms with Crippen LogP contribution in [0.15, 0.2) is 53.3 Å². The Morgan fingerprint density at radius 3 is 2.67 bits per heavy atom. The van der Waals surface area contributed by atoms with Crippen molar-refractivity contribution in [3.8, 4) is 11.6 Å². The highest BCUT2D eigenvalue weighted by Crippen LogP contribution is 2.35. The van der Waals surface area contributed by atoms with Gasteiger partial charge in [-0.3, -0.25) is 4.79 Å². The fourth-order valence-electron chi connectivity index (χ4n) is 1.97. The number of halogens is 1. The van der Waals surface area contributed by atoms with E-state index in [0.29, 0.717) is 5.75 Å². The van der Waals surface area contributed by atoms with Crippen molar-refractivity contribution in [3.05, 3.63) is 59.0 Å². The van der Waals surface area contributed by atoms with Crippen LogP contribution in [0.5, 0.6) is 11.6 Å². The first-order valence-electron chi connectivity index (χ1n) is 6.13. The number of hydrogen-bond acceptors (Lipinski definition) is 4.